The van der Waals surface area contributed by atoms with Gasteiger partial charge in [0.05, 0.1) is 17.9 Å². The molecule has 1 aromatic heterocycles. The van der Waals surface area contributed by atoms with Crippen LogP contribution in [-0.2, 0) is 4.74 Å². The second-order valence-electron chi connectivity index (χ2n) is 3.84. The molecule has 0 radical (unpaired) electrons. The molecular weight excluding hydrogens is 206 g/mol. The molecule has 86 valence electrons. The number of hydrogen-bond donors (Lipinski definition) is 2. The van der Waals surface area contributed by atoms with Gasteiger partial charge in [-0.25, -0.2) is 0 Å². The monoisotopic (exact) mass is 221 g/mol. The Labute approximate surface area is 94.0 Å². The standard InChI is InChI=1S/C11H15N3O2/c12-11(15)9-6-13-4-3-10(9)14-8-2-1-5-16-7-8/h3-4,6,8H,1-2,5,7H2,(H2,12,15)(H,13,14). The van der Waals surface area contributed by atoms with Crippen LogP contribution in [-0.4, -0.2) is 30.1 Å². The normalized spacial score (nSPS) is 20.4. The van der Waals surface area contributed by atoms with Crippen molar-refractivity contribution in [2.45, 2.75) is 18.9 Å². The zero-order valence-corrected chi connectivity index (χ0v) is 8.98. The van der Waals surface area contributed by atoms with E-state index in [1.165, 1.54) is 6.20 Å². The molecule has 16 heavy (non-hydrogen) atoms. The number of pyridine rings is 1. The van der Waals surface area contributed by atoms with Crippen LogP contribution in [0.4, 0.5) is 5.69 Å². The topological polar surface area (TPSA) is 77.2 Å². The van der Waals surface area contributed by atoms with Crippen LogP contribution in [0.5, 0.6) is 0 Å². The number of nitrogens with zero attached hydrogens (tertiary/aromatic N) is 1. The van der Waals surface area contributed by atoms with Gasteiger partial charge in [-0.05, 0) is 18.9 Å². The molecule has 5 nitrogen and oxygen atoms in total. The molecule has 1 aliphatic heterocycles. The minimum Gasteiger partial charge on any atom is -0.379 e. The largest absolute Gasteiger partial charge is 0.379 e. The molecule has 2 rings (SSSR count). The summed E-state index contributed by atoms with van der Waals surface area (Å²) in [6.45, 7) is 1.48. The highest BCUT2D eigenvalue weighted by Gasteiger charge is 2.16. The Morgan fingerprint density at radius 3 is 3.19 bits per heavy atom. The van der Waals surface area contributed by atoms with Gasteiger partial charge in [0.2, 0.25) is 0 Å². The van der Waals surface area contributed by atoms with Crippen molar-refractivity contribution in [3.05, 3.63) is 24.0 Å². The summed E-state index contributed by atoms with van der Waals surface area (Å²) in [5.74, 6) is -0.465. The molecule has 0 saturated carbocycles. The van der Waals surface area contributed by atoms with E-state index in [0.717, 1.165) is 25.1 Å². The quantitative estimate of drug-likeness (QED) is 0.790. The second-order valence-corrected chi connectivity index (χ2v) is 3.84. The van der Waals surface area contributed by atoms with Crippen molar-refractivity contribution < 1.29 is 9.53 Å². The highest BCUT2D eigenvalue weighted by Crippen LogP contribution is 2.17. The molecular formula is C11H15N3O2. The van der Waals surface area contributed by atoms with Crippen LogP contribution in [0.3, 0.4) is 0 Å². The summed E-state index contributed by atoms with van der Waals surface area (Å²) in [5.41, 5.74) is 6.43. The van der Waals surface area contributed by atoms with E-state index in [2.05, 4.69) is 10.3 Å². The predicted octanol–water partition coefficient (Wildman–Crippen LogP) is 0.771. The van der Waals surface area contributed by atoms with Gasteiger partial charge in [-0.3, -0.25) is 9.78 Å². The van der Waals surface area contributed by atoms with E-state index in [9.17, 15) is 4.79 Å². The van der Waals surface area contributed by atoms with Crippen LogP contribution in [0, 0.1) is 0 Å². The van der Waals surface area contributed by atoms with Crippen LogP contribution < -0.4 is 11.1 Å². The van der Waals surface area contributed by atoms with Gasteiger partial charge in [0, 0.05) is 25.0 Å². The molecule has 1 fully saturated rings. The zero-order valence-electron chi connectivity index (χ0n) is 8.98. The average molecular weight is 221 g/mol. The maximum absolute atomic E-state index is 11.2. The molecule has 0 aliphatic carbocycles. The summed E-state index contributed by atoms with van der Waals surface area (Å²) >= 11 is 0. The number of ether oxygens (including phenoxy) is 1. The second kappa shape index (κ2) is 4.94. The van der Waals surface area contributed by atoms with Crippen molar-refractivity contribution in [3.8, 4) is 0 Å². The molecule has 0 aromatic carbocycles. The number of amides is 1. The summed E-state index contributed by atoms with van der Waals surface area (Å²) in [6, 6.07) is 2.00. The third kappa shape index (κ3) is 2.49. The molecule has 1 aromatic rings. The van der Waals surface area contributed by atoms with Gasteiger partial charge in [0.25, 0.3) is 5.91 Å². The Bertz CT molecular complexity index is 375. The zero-order chi connectivity index (χ0) is 11.4. The van der Waals surface area contributed by atoms with Crippen molar-refractivity contribution in [2.24, 2.45) is 5.73 Å². The Kier molecular flexibility index (Phi) is 3.36. The average Bonchev–Trinajstić information content (AvgIpc) is 2.31. The first-order valence-electron chi connectivity index (χ1n) is 5.35. The number of carbonyl (C=O) groups excluding carboxylic acids is 1. The Morgan fingerprint density at radius 2 is 2.50 bits per heavy atom. The first-order valence-corrected chi connectivity index (χ1v) is 5.35. The number of anilines is 1. The highest BCUT2D eigenvalue weighted by atomic mass is 16.5. The van der Waals surface area contributed by atoms with Crippen LogP contribution in [0.25, 0.3) is 0 Å². The lowest BCUT2D eigenvalue weighted by molar-refractivity contribution is 0.0874. The number of aromatic nitrogens is 1. The third-order valence-corrected chi connectivity index (χ3v) is 2.61. The summed E-state index contributed by atoms with van der Waals surface area (Å²) in [7, 11) is 0. The lowest BCUT2D eigenvalue weighted by Crippen LogP contribution is -2.31. The molecule has 2 heterocycles. The summed E-state index contributed by atoms with van der Waals surface area (Å²) in [5, 5.41) is 3.26. The van der Waals surface area contributed by atoms with Crippen molar-refractivity contribution in [1.82, 2.24) is 4.98 Å². The van der Waals surface area contributed by atoms with Crippen molar-refractivity contribution in [2.75, 3.05) is 18.5 Å². The molecule has 0 bridgehead atoms. The van der Waals surface area contributed by atoms with Gasteiger partial charge in [-0.1, -0.05) is 0 Å². The van der Waals surface area contributed by atoms with Crippen molar-refractivity contribution in [1.29, 1.82) is 0 Å². The fourth-order valence-electron chi connectivity index (χ4n) is 1.79. The molecule has 3 N–H and O–H groups in total. The lowest BCUT2D eigenvalue weighted by Gasteiger charge is -2.24. The minimum absolute atomic E-state index is 0.245. The van der Waals surface area contributed by atoms with Gasteiger partial charge in [-0.15, -0.1) is 0 Å². The Hall–Kier alpha value is -1.62. The lowest BCUT2D eigenvalue weighted by atomic mass is 10.1. The molecule has 5 heteroatoms. The van der Waals surface area contributed by atoms with Gasteiger partial charge in [-0.2, -0.15) is 0 Å². The summed E-state index contributed by atoms with van der Waals surface area (Å²) in [4.78, 5) is 15.1. The molecule has 0 spiro atoms. The summed E-state index contributed by atoms with van der Waals surface area (Å²) < 4.78 is 5.36. The first-order chi connectivity index (χ1) is 7.77. The van der Waals surface area contributed by atoms with E-state index in [4.69, 9.17) is 10.5 Å². The number of rotatable bonds is 3. The van der Waals surface area contributed by atoms with Crippen LogP contribution >= 0.6 is 0 Å². The van der Waals surface area contributed by atoms with Gasteiger partial charge < -0.3 is 15.8 Å². The van der Waals surface area contributed by atoms with Crippen LogP contribution in [0.1, 0.15) is 23.2 Å². The van der Waals surface area contributed by atoms with E-state index in [0.29, 0.717) is 12.2 Å². The minimum atomic E-state index is -0.465. The molecule has 1 atom stereocenters. The first kappa shape index (κ1) is 10.9. The number of nitrogens with one attached hydrogen (secondary N) is 1. The SMILES string of the molecule is NC(=O)c1cnccc1NC1CCCOC1. The van der Waals surface area contributed by atoms with E-state index in [1.807, 2.05) is 0 Å². The van der Waals surface area contributed by atoms with E-state index in [1.54, 1.807) is 12.3 Å². The van der Waals surface area contributed by atoms with Crippen LogP contribution in [0.15, 0.2) is 18.5 Å². The Balaban J connectivity index is 2.10. The molecule has 1 amide bonds. The van der Waals surface area contributed by atoms with Gasteiger partial charge in [0.1, 0.15) is 0 Å². The van der Waals surface area contributed by atoms with E-state index >= 15 is 0 Å². The number of nitrogens with two attached hydrogens (primary N) is 1. The molecule has 1 saturated heterocycles. The third-order valence-electron chi connectivity index (χ3n) is 2.61. The van der Waals surface area contributed by atoms with E-state index in [-0.39, 0.29) is 6.04 Å². The van der Waals surface area contributed by atoms with Gasteiger partial charge in [0.15, 0.2) is 0 Å². The van der Waals surface area contributed by atoms with E-state index < -0.39 is 5.91 Å². The van der Waals surface area contributed by atoms with Crippen LogP contribution in [0.2, 0.25) is 0 Å². The fourth-order valence-corrected chi connectivity index (χ4v) is 1.79. The van der Waals surface area contributed by atoms with Crippen molar-refractivity contribution in [3.63, 3.8) is 0 Å². The molecule has 1 unspecified atom stereocenters. The molecule has 1 aliphatic rings. The fraction of sp³-hybridized carbons (Fsp3) is 0.455. The number of primary amides is 1. The summed E-state index contributed by atoms with van der Waals surface area (Å²) in [6.07, 6.45) is 5.20. The van der Waals surface area contributed by atoms with Gasteiger partial charge >= 0.3 is 0 Å². The Morgan fingerprint density at radius 1 is 1.62 bits per heavy atom. The maximum Gasteiger partial charge on any atom is 0.252 e. The van der Waals surface area contributed by atoms with Crippen molar-refractivity contribution >= 4 is 11.6 Å². The predicted molar refractivity (Wildman–Crippen MR) is 60.2 cm³/mol. The number of carbonyl (C=O) groups is 1. The highest BCUT2D eigenvalue weighted by molar-refractivity contribution is 5.98. The smallest absolute Gasteiger partial charge is 0.252 e. The maximum atomic E-state index is 11.2. The number of hydrogen-bond acceptors (Lipinski definition) is 4.